The number of methoxy groups -OCH3 is 2. The van der Waals surface area contributed by atoms with Gasteiger partial charge in [-0.3, -0.25) is 24.3 Å². The molecule has 47 heavy (non-hydrogen) atoms. The number of para-hydroxylation sites is 1. The van der Waals surface area contributed by atoms with E-state index < -0.39 is 16.9 Å². The zero-order valence-electron chi connectivity index (χ0n) is 26.6. The Kier molecular flexibility index (Phi) is 8.95. The number of allylic oxidation sites excluding steroid dienone is 1. The van der Waals surface area contributed by atoms with Gasteiger partial charge in [-0.1, -0.05) is 36.5 Å². The third-order valence-electron chi connectivity index (χ3n) is 8.67. The number of amides is 1. The van der Waals surface area contributed by atoms with Crippen LogP contribution in [0.4, 0.5) is 17.1 Å². The predicted molar refractivity (Wildman–Crippen MR) is 182 cm³/mol. The van der Waals surface area contributed by atoms with E-state index in [2.05, 4.69) is 17.1 Å². The van der Waals surface area contributed by atoms with Gasteiger partial charge < -0.3 is 19.7 Å². The number of hydrogen-bond donors (Lipinski definition) is 1. The van der Waals surface area contributed by atoms with Crippen LogP contribution >= 0.6 is 11.3 Å². The molecule has 242 valence electrons. The Morgan fingerprint density at radius 1 is 1.06 bits per heavy atom. The maximum atomic E-state index is 14.4. The van der Waals surface area contributed by atoms with E-state index in [1.165, 1.54) is 35.1 Å². The third-order valence-corrected chi connectivity index (χ3v) is 9.65. The number of piperidine rings is 1. The molecule has 1 amide bonds. The number of nitro benzene ring substituents is 1. The number of hydrogen-bond acceptors (Lipinski definition) is 9. The standard InChI is InChI=1S/C35H35N5O6S/c1-21-14-16-38(17-15-21)28-13-10-25(40(43)44)18-23(28)19-30-34(42)39-32(27-12-11-26(45-3)20-29(27)46-4)31(22(2)36-35(39)47-30)33(41)37-24-8-6-5-7-9-24/h5-13,18-21,32H,14-17H2,1-4H3,(H,37,41)/b30-19+/t32-/m1/s1. The lowest BCUT2D eigenvalue weighted by Gasteiger charge is -2.33. The number of anilines is 2. The van der Waals surface area contributed by atoms with Gasteiger partial charge in [-0.15, -0.1) is 0 Å². The molecule has 1 atom stereocenters. The second-order valence-corrected chi connectivity index (χ2v) is 12.7. The summed E-state index contributed by atoms with van der Waals surface area (Å²) in [6.07, 6.45) is 3.72. The molecule has 0 unspecified atom stereocenters. The first-order valence-corrected chi connectivity index (χ1v) is 16.1. The molecule has 3 aromatic carbocycles. The summed E-state index contributed by atoms with van der Waals surface area (Å²) >= 11 is 1.18. The molecule has 1 saturated heterocycles. The van der Waals surface area contributed by atoms with E-state index in [0.29, 0.717) is 49.3 Å². The van der Waals surface area contributed by atoms with Gasteiger partial charge in [0.2, 0.25) is 0 Å². The molecule has 11 nitrogen and oxygen atoms in total. The number of nitro groups is 1. The van der Waals surface area contributed by atoms with Crippen LogP contribution in [0.25, 0.3) is 6.08 Å². The fraction of sp³-hybridized carbons (Fsp3) is 0.286. The summed E-state index contributed by atoms with van der Waals surface area (Å²) in [5.41, 5.74) is 2.89. The lowest BCUT2D eigenvalue weighted by atomic mass is 9.94. The first-order chi connectivity index (χ1) is 22.7. The van der Waals surface area contributed by atoms with Crippen LogP contribution in [0.15, 0.2) is 87.8 Å². The van der Waals surface area contributed by atoms with Gasteiger partial charge in [0, 0.05) is 53.8 Å². The Hall–Kier alpha value is -5.23. The zero-order valence-corrected chi connectivity index (χ0v) is 27.4. The highest BCUT2D eigenvalue weighted by Gasteiger charge is 2.34. The van der Waals surface area contributed by atoms with E-state index >= 15 is 0 Å². The number of carbonyl (C=O) groups excluding carboxylic acids is 1. The molecule has 0 spiro atoms. The van der Waals surface area contributed by atoms with Crippen LogP contribution in [-0.2, 0) is 4.79 Å². The van der Waals surface area contributed by atoms with Gasteiger partial charge in [0.15, 0.2) is 4.80 Å². The average molecular weight is 654 g/mol. The number of rotatable bonds is 8. The van der Waals surface area contributed by atoms with Crippen LogP contribution in [0.2, 0.25) is 0 Å². The molecule has 12 heteroatoms. The minimum atomic E-state index is -0.883. The molecule has 2 aliphatic rings. The van der Waals surface area contributed by atoms with Crippen molar-refractivity contribution in [2.45, 2.75) is 32.7 Å². The number of nitrogens with one attached hydrogen (secondary N) is 1. The van der Waals surface area contributed by atoms with Crippen molar-refractivity contribution in [3.05, 3.63) is 119 Å². The van der Waals surface area contributed by atoms with E-state index in [-0.39, 0.29) is 16.8 Å². The number of fused-ring (bicyclic) bond motifs is 1. The Morgan fingerprint density at radius 3 is 2.49 bits per heavy atom. The fourth-order valence-corrected chi connectivity index (χ4v) is 7.16. The van der Waals surface area contributed by atoms with Crippen molar-refractivity contribution in [3.8, 4) is 11.5 Å². The molecule has 0 radical (unpaired) electrons. The van der Waals surface area contributed by atoms with Crippen LogP contribution < -0.4 is 34.6 Å². The normalized spacial score (nSPS) is 16.8. The molecular weight excluding hydrogens is 618 g/mol. The minimum Gasteiger partial charge on any atom is -0.497 e. The summed E-state index contributed by atoms with van der Waals surface area (Å²) in [7, 11) is 3.07. The third kappa shape index (κ3) is 6.28. The fourth-order valence-electron chi connectivity index (χ4n) is 6.12. The topological polar surface area (TPSA) is 128 Å². The summed E-state index contributed by atoms with van der Waals surface area (Å²) in [5, 5.41) is 14.7. The Morgan fingerprint density at radius 2 is 1.81 bits per heavy atom. The second kappa shape index (κ2) is 13.2. The molecule has 6 rings (SSSR count). The molecule has 3 heterocycles. The van der Waals surface area contributed by atoms with Crippen molar-refractivity contribution >= 4 is 40.4 Å². The van der Waals surface area contributed by atoms with Gasteiger partial charge in [0.25, 0.3) is 17.2 Å². The van der Waals surface area contributed by atoms with Crippen molar-refractivity contribution in [3.63, 3.8) is 0 Å². The molecular formula is C35H35N5O6S. The molecule has 0 aliphatic carbocycles. The van der Waals surface area contributed by atoms with Gasteiger partial charge in [-0.05, 0) is 62.1 Å². The number of non-ortho nitro benzene ring substituents is 1. The smallest absolute Gasteiger partial charge is 0.271 e. The summed E-state index contributed by atoms with van der Waals surface area (Å²) < 4.78 is 13.0. The number of benzene rings is 3. The van der Waals surface area contributed by atoms with Crippen molar-refractivity contribution in [1.82, 2.24) is 4.57 Å². The van der Waals surface area contributed by atoms with E-state index in [4.69, 9.17) is 14.5 Å². The predicted octanol–water partition coefficient (Wildman–Crippen LogP) is 5.04. The van der Waals surface area contributed by atoms with Crippen LogP contribution in [0, 0.1) is 16.0 Å². The van der Waals surface area contributed by atoms with E-state index in [1.54, 1.807) is 56.5 Å². The Bertz CT molecular complexity index is 2060. The maximum absolute atomic E-state index is 14.4. The summed E-state index contributed by atoms with van der Waals surface area (Å²) in [5.74, 6) is 1.18. The molecule has 1 fully saturated rings. The lowest BCUT2D eigenvalue weighted by Crippen LogP contribution is -2.40. The number of aromatic nitrogens is 1. The molecule has 1 N–H and O–H groups in total. The largest absolute Gasteiger partial charge is 0.497 e. The van der Waals surface area contributed by atoms with Gasteiger partial charge in [-0.25, -0.2) is 4.99 Å². The van der Waals surface area contributed by atoms with Crippen molar-refractivity contribution in [2.24, 2.45) is 10.9 Å². The van der Waals surface area contributed by atoms with E-state index in [1.807, 2.05) is 18.2 Å². The first kappa shape index (κ1) is 31.7. The molecule has 4 aromatic rings. The monoisotopic (exact) mass is 653 g/mol. The summed E-state index contributed by atoms with van der Waals surface area (Å²) in [6.45, 7) is 5.60. The highest BCUT2D eigenvalue weighted by atomic mass is 32.1. The Balaban J connectivity index is 1.54. The van der Waals surface area contributed by atoms with E-state index in [9.17, 15) is 19.7 Å². The van der Waals surface area contributed by atoms with Gasteiger partial charge in [0.05, 0.1) is 34.9 Å². The number of nitrogens with zero attached hydrogens (tertiary/aromatic N) is 4. The van der Waals surface area contributed by atoms with Gasteiger partial charge in [0.1, 0.15) is 17.5 Å². The zero-order chi connectivity index (χ0) is 33.2. The number of carbonyl (C=O) groups is 1. The van der Waals surface area contributed by atoms with Crippen LogP contribution in [0.3, 0.4) is 0 Å². The SMILES string of the molecule is COc1ccc([C@@H]2C(C(=O)Nc3ccccc3)=C(C)N=c3s/c(=C/c4cc([N+](=O)[O-])ccc4N4CCC(C)CC4)c(=O)n32)c(OC)c1. The molecule has 1 aromatic heterocycles. The number of thiazole rings is 1. The van der Waals surface area contributed by atoms with Crippen molar-refractivity contribution in [1.29, 1.82) is 0 Å². The summed E-state index contributed by atoms with van der Waals surface area (Å²) in [4.78, 5) is 47.1. The van der Waals surface area contributed by atoms with Crippen LogP contribution in [0.5, 0.6) is 11.5 Å². The highest BCUT2D eigenvalue weighted by molar-refractivity contribution is 7.07. The van der Waals surface area contributed by atoms with Crippen molar-refractivity contribution in [2.75, 3.05) is 37.5 Å². The van der Waals surface area contributed by atoms with Gasteiger partial charge >= 0.3 is 0 Å². The lowest BCUT2D eigenvalue weighted by molar-refractivity contribution is -0.384. The highest BCUT2D eigenvalue weighted by Crippen LogP contribution is 2.38. The summed E-state index contributed by atoms with van der Waals surface area (Å²) in [6, 6.07) is 18.2. The van der Waals surface area contributed by atoms with Crippen LogP contribution in [-0.4, -0.2) is 42.7 Å². The molecule has 2 aliphatic heterocycles. The molecule has 0 saturated carbocycles. The maximum Gasteiger partial charge on any atom is 0.271 e. The van der Waals surface area contributed by atoms with Crippen LogP contribution in [0.1, 0.15) is 43.9 Å². The van der Waals surface area contributed by atoms with Crippen molar-refractivity contribution < 1.29 is 19.2 Å². The quantitative estimate of drug-likeness (QED) is 0.209. The minimum absolute atomic E-state index is 0.0605. The average Bonchev–Trinajstić information content (AvgIpc) is 3.38. The van der Waals surface area contributed by atoms with Gasteiger partial charge in [-0.2, -0.15) is 0 Å². The second-order valence-electron chi connectivity index (χ2n) is 11.7. The number of ether oxygens (including phenoxy) is 2. The molecule has 0 bridgehead atoms. The first-order valence-electron chi connectivity index (χ1n) is 15.3. The Labute approximate surface area is 275 Å². The van der Waals surface area contributed by atoms with E-state index in [0.717, 1.165) is 31.6 Å².